The Morgan fingerprint density at radius 1 is 0.722 bits per heavy atom. The molecule has 0 unspecified atom stereocenters. The molecule has 0 heterocycles. The molecule has 0 bridgehead atoms. The molecule has 0 fully saturated rings. The number of halogens is 2. The Labute approximate surface area is 129 Å². The number of unbranched alkanes of at least 4 members (excludes halogenated alkanes) is 2. The van der Waals surface area contributed by atoms with E-state index in [-0.39, 0.29) is 0 Å². The highest BCUT2D eigenvalue weighted by molar-refractivity contribution is 9.09. The van der Waals surface area contributed by atoms with E-state index < -0.39 is 0 Å². The molecule has 0 aliphatic carbocycles. The molecule has 2 heteroatoms. The van der Waals surface area contributed by atoms with Gasteiger partial charge in [0.05, 0.1) is 0 Å². The maximum atomic E-state index is 3.61. The van der Waals surface area contributed by atoms with E-state index in [1.165, 1.54) is 49.7 Å². The van der Waals surface area contributed by atoms with Crippen LogP contribution in [-0.2, 0) is 23.5 Å². The van der Waals surface area contributed by atoms with Gasteiger partial charge in [-0.2, -0.15) is 0 Å². The van der Waals surface area contributed by atoms with Crippen molar-refractivity contribution >= 4 is 31.9 Å². The summed E-state index contributed by atoms with van der Waals surface area (Å²) >= 11 is 7.22. The molecule has 18 heavy (non-hydrogen) atoms. The van der Waals surface area contributed by atoms with Crippen molar-refractivity contribution in [1.82, 2.24) is 0 Å². The largest absolute Gasteiger partial charge is 0.0876 e. The summed E-state index contributed by atoms with van der Waals surface area (Å²) in [5.74, 6) is 0. The maximum Gasteiger partial charge on any atom is 0.0286 e. The molecule has 0 aromatic heterocycles. The summed E-state index contributed by atoms with van der Waals surface area (Å²) in [5, 5.41) is 1.92. The fraction of sp³-hybridized carbons (Fsp3) is 0.625. The average molecular weight is 376 g/mol. The first kappa shape index (κ1) is 16.2. The molecule has 102 valence electrons. The van der Waals surface area contributed by atoms with Crippen molar-refractivity contribution in [3.8, 4) is 0 Å². The Morgan fingerprint density at radius 3 is 1.39 bits per heavy atom. The first-order valence-electron chi connectivity index (χ1n) is 7.02. The number of aryl methyl sites for hydroxylation is 2. The van der Waals surface area contributed by atoms with Crippen LogP contribution in [0, 0.1) is 0 Å². The average Bonchev–Trinajstić information content (AvgIpc) is 2.42. The summed E-state index contributed by atoms with van der Waals surface area (Å²) in [7, 11) is 0. The third-order valence-corrected chi connectivity index (χ3v) is 4.62. The van der Waals surface area contributed by atoms with Crippen LogP contribution in [0.15, 0.2) is 12.1 Å². The van der Waals surface area contributed by atoms with Gasteiger partial charge >= 0.3 is 0 Å². The van der Waals surface area contributed by atoms with Gasteiger partial charge < -0.3 is 0 Å². The topological polar surface area (TPSA) is 0 Å². The second-order valence-corrected chi connectivity index (χ2v) is 5.99. The van der Waals surface area contributed by atoms with Gasteiger partial charge in [-0.25, -0.2) is 0 Å². The van der Waals surface area contributed by atoms with Crippen LogP contribution in [0.5, 0.6) is 0 Å². The van der Waals surface area contributed by atoms with E-state index in [1.807, 2.05) is 0 Å². The van der Waals surface area contributed by atoms with Gasteiger partial charge in [0.1, 0.15) is 0 Å². The molecule has 0 nitrogen and oxygen atoms in total. The zero-order valence-corrected chi connectivity index (χ0v) is 14.7. The van der Waals surface area contributed by atoms with E-state index in [1.54, 1.807) is 11.1 Å². The fourth-order valence-electron chi connectivity index (χ4n) is 2.24. The van der Waals surface area contributed by atoms with Crippen molar-refractivity contribution in [3.63, 3.8) is 0 Å². The lowest BCUT2D eigenvalue weighted by Gasteiger charge is -2.14. The molecule has 0 amide bonds. The third kappa shape index (κ3) is 4.70. The minimum Gasteiger partial charge on any atom is -0.0876 e. The van der Waals surface area contributed by atoms with Gasteiger partial charge in [-0.1, -0.05) is 70.7 Å². The zero-order chi connectivity index (χ0) is 13.4. The smallest absolute Gasteiger partial charge is 0.0286 e. The lowest BCUT2D eigenvalue weighted by atomic mass is 9.93. The number of hydrogen-bond donors (Lipinski definition) is 0. The van der Waals surface area contributed by atoms with Crippen LogP contribution in [0.2, 0.25) is 0 Å². The minimum absolute atomic E-state index is 0.959. The van der Waals surface area contributed by atoms with Gasteiger partial charge in [0, 0.05) is 10.7 Å². The first-order chi connectivity index (χ1) is 8.76. The summed E-state index contributed by atoms with van der Waals surface area (Å²) in [4.78, 5) is 0. The van der Waals surface area contributed by atoms with Crippen molar-refractivity contribution < 1.29 is 0 Å². The summed E-state index contributed by atoms with van der Waals surface area (Å²) in [6, 6.07) is 4.85. The van der Waals surface area contributed by atoms with E-state index in [9.17, 15) is 0 Å². The van der Waals surface area contributed by atoms with E-state index in [4.69, 9.17) is 0 Å². The molecule has 0 radical (unpaired) electrons. The van der Waals surface area contributed by atoms with Gasteiger partial charge in [-0.05, 0) is 47.9 Å². The summed E-state index contributed by atoms with van der Waals surface area (Å²) in [5.41, 5.74) is 6.03. The quantitative estimate of drug-likeness (QED) is 0.477. The number of hydrogen-bond acceptors (Lipinski definition) is 0. The van der Waals surface area contributed by atoms with Gasteiger partial charge in [-0.3, -0.25) is 0 Å². The van der Waals surface area contributed by atoms with Crippen molar-refractivity contribution in [2.75, 3.05) is 0 Å². The Bertz CT molecular complexity index is 323. The predicted molar refractivity (Wildman–Crippen MR) is 88.9 cm³/mol. The highest BCUT2D eigenvalue weighted by Gasteiger charge is 2.08. The van der Waals surface area contributed by atoms with Crippen LogP contribution in [0.25, 0.3) is 0 Å². The molecule has 0 saturated carbocycles. The van der Waals surface area contributed by atoms with Gasteiger partial charge in [0.25, 0.3) is 0 Å². The number of alkyl halides is 2. The van der Waals surface area contributed by atoms with E-state index >= 15 is 0 Å². The monoisotopic (exact) mass is 374 g/mol. The fourth-order valence-corrected chi connectivity index (χ4v) is 3.28. The predicted octanol–water partition coefficient (Wildman–Crippen LogP) is 6.16. The highest BCUT2D eigenvalue weighted by atomic mass is 79.9. The Balaban J connectivity index is 3.01. The highest BCUT2D eigenvalue weighted by Crippen LogP contribution is 2.24. The van der Waals surface area contributed by atoms with Crippen LogP contribution in [0.1, 0.15) is 61.8 Å². The van der Waals surface area contributed by atoms with Crippen molar-refractivity contribution in [1.29, 1.82) is 0 Å². The van der Waals surface area contributed by atoms with E-state index in [0.717, 1.165) is 10.7 Å². The molecule has 0 N–H and O–H groups in total. The van der Waals surface area contributed by atoms with E-state index in [2.05, 4.69) is 57.8 Å². The molecule has 0 atom stereocenters. The summed E-state index contributed by atoms with van der Waals surface area (Å²) < 4.78 is 0. The van der Waals surface area contributed by atoms with Crippen LogP contribution < -0.4 is 0 Å². The summed E-state index contributed by atoms with van der Waals surface area (Å²) in [6.45, 7) is 4.54. The van der Waals surface area contributed by atoms with Crippen LogP contribution >= 0.6 is 31.9 Å². The first-order valence-corrected chi connectivity index (χ1v) is 9.26. The standard InChI is InChI=1S/C16H24Br2/c1-3-5-7-13-9-15(11-17)16(12-18)10-14(13)8-6-4-2/h9-10H,3-8,11-12H2,1-2H3. The van der Waals surface area contributed by atoms with Crippen LogP contribution in [0.3, 0.4) is 0 Å². The Morgan fingerprint density at radius 2 is 1.11 bits per heavy atom. The lowest BCUT2D eigenvalue weighted by Crippen LogP contribution is -2.00. The second kappa shape index (κ2) is 9.14. The SMILES string of the molecule is CCCCc1cc(CBr)c(CBr)cc1CCCC. The van der Waals surface area contributed by atoms with Gasteiger partial charge in [0.2, 0.25) is 0 Å². The number of rotatable bonds is 8. The zero-order valence-electron chi connectivity index (χ0n) is 11.6. The molecular formula is C16H24Br2. The van der Waals surface area contributed by atoms with Crippen molar-refractivity contribution in [2.24, 2.45) is 0 Å². The minimum atomic E-state index is 0.959. The van der Waals surface area contributed by atoms with Gasteiger partial charge in [-0.15, -0.1) is 0 Å². The molecule has 1 aromatic rings. The van der Waals surface area contributed by atoms with E-state index in [0.29, 0.717) is 0 Å². The van der Waals surface area contributed by atoms with Gasteiger partial charge in [0.15, 0.2) is 0 Å². The molecule has 0 spiro atoms. The number of benzene rings is 1. The molecule has 0 aliphatic heterocycles. The molecule has 1 aromatic carbocycles. The van der Waals surface area contributed by atoms with Crippen molar-refractivity contribution in [3.05, 3.63) is 34.4 Å². The maximum absolute atomic E-state index is 3.61. The Kier molecular flexibility index (Phi) is 8.25. The molecular weight excluding hydrogens is 352 g/mol. The second-order valence-electron chi connectivity index (χ2n) is 4.86. The summed E-state index contributed by atoms with van der Waals surface area (Å²) in [6.07, 6.45) is 7.62. The van der Waals surface area contributed by atoms with Crippen molar-refractivity contribution in [2.45, 2.75) is 63.0 Å². The Hall–Kier alpha value is 0.180. The van der Waals surface area contributed by atoms with Crippen LogP contribution in [0.4, 0.5) is 0 Å². The third-order valence-electron chi connectivity index (χ3n) is 3.41. The normalized spacial score (nSPS) is 10.9. The lowest BCUT2D eigenvalue weighted by molar-refractivity contribution is 0.756. The van der Waals surface area contributed by atoms with Crippen LogP contribution in [-0.4, -0.2) is 0 Å². The molecule has 1 rings (SSSR count). The molecule has 0 aliphatic rings. The molecule has 0 saturated heterocycles.